The highest BCUT2D eigenvalue weighted by molar-refractivity contribution is 5.82. The van der Waals surface area contributed by atoms with Crippen molar-refractivity contribution in [3.63, 3.8) is 0 Å². The van der Waals surface area contributed by atoms with E-state index in [2.05, 4.69) is 55.4 Å². The van der Waals surface area contributed by atoms with Crippen molar-refractivity contribution in [2.24, 2.45) is 56.2 Å². The standard InChI is InChI=1S/C30H50O3/c1-18-19(31)9-10-20-27(5)12-14-29(7)22-16-25(2,3)24(33)17-26(22,4)11-13-28(29,6)21(27)15-23(32)30(18,20)8/h18,20-24,32-33H,9-17H2,1-8H3/t18-,20-,21-,22+,23+,24-,26-,27-,28+,29-,30+/m0/s1. The Morgan fingerprint density at radius 2 is 1.36 bits per heavy atom. The van der Waals surface area contributed by atoms with Crippen LogP contribution in [0.25, 0.3) is 0 Å². The van der Waals surface area contributed by atoms with E-state index in [0.717, 1.165) is 25.7 Å². The molecule has 188 valence electrons. The summed E-state index contributed by atoms with van der Waals surface area (Å²) in [6.45, 7) is 19.1. The highest BCUT2D eigenvalue weighted by atomic mass is 16.3. The molecule has 5 aliphatic rings. The molecule has 0 bridgehead atoms. The van der Waals surface area contributed by atoms with Gasteiger partial charge >= 0.3 is 0 Å². The van der Waals surface area contributed by atoms with Crippen LogP contribution < -0.4 is 0 Å². The molecule has 3 nitrogen and oxygen atoms in total. The number of aliphatic hydroxyl groups is 2. The maximum absolute atomic E-state index is 12.8. The topological polar surface area (TPSA) is 57.5 Å². The molecule has 3 heteroatoms. The SMILES string of the molecule is C[C@H]1C(=O)CC[C@H]2[C@]3(C)CC[C@@]4(C)[C@@H]5CC(C)(C)[C@@H](O)C[C@]5(C)CC[C@]4(C)[C@H]3C[C@@H](O)[C@]12C. The fraction of sp³-hybridized carbons (Fsp3) is 0.967. The zero-order chi connectivity index (χ0) is 24.4. The smallest absolute Gasteiger partial charge is 0.136 e. The molecule has 5 rings (SSSR count). The van der Waals surface area contributed by atoms with Gasteiger partial charge in [0.05, 0.1) is 12.2 Å². The van der Waals surface area contributed by atoms with Crippen LogP contribution in [-0.2, 0) is 4.79 Å². The Morgan fingerprint density at radius 1 is 0.758 bits per heavy atom. The molecule has 5 aliphatic carbocycles. The second-order valence-corrected chi connectivity index (χ2v) is 15.4. The number of hydrogen-bond acceptors (Lipinski definition) is 3. The van der Waals surface area contributed by atoms with Crippen LogP contribution in [-0.4, -0.2) is 28.2 Å². The van der Waals surface area contributed by atoms with E-state index in [9.17, 15) is 15.0 Å². The minimum absolute atomic E-state index is 0.0317. The predicted octanol–water partition coefficient (Wildman–Crippen LogP) is 6.40. The van der Waals surface area contributed by atoms with Gasteiger partial charge in [-0.25, -0.2) is 0 Å². The van der Waals surface area contributed by atoms with E-state index >= 15 is 0 Å². The van der Waals surface area contributed by atoms with Gasteiger partial charge in [0, 0.05) is 17.8 Å². The summed E-state index contributed by atoms with van der Waals surface area (Å²) in [5, 5.41) is 22.7. The molecule has 0 aromatic rings. The molecule has 33 heavy (non-hydrogen) atoms. The highest BCUT2D eigenvalue weighted by Gasteiger charge is 2.72. The van der Waals surface area contributed by atoms with Crippen molar-refractivity contribution in [1.29, 1.82) is 0 Å². The highest BCUT2D eigenvalue weighted by Crippen LogP contribution is 2.78. The van der Waals surface area contributed by atoms with Gasteiger partial charge in [0.2, 0.25) is 0 Å². The quantitative estimate of drug-likeness (QED) is 0.442. The number of rotatable bonds is 0. The van der Waals surface area contributed by atoms with Crippen molar-refractivity contribution >= 4 is 5.78 Å². The number of Topliss-reactive ketones (excluding diaryl/α,β-unsaturated/α-hetero) is 1. The molecule has 0 aromatic carbocycles. The van der Waals surface area contributed by atoms with Gasteiger partial charge in [0.1, 0.15) is 5.78 Å². The lowest BCUT2D eigenvalue weighted by Gasteiger charge is -2.75. The largest absolute Gasteiger partial charge is 0.393 e. The fourth-order valence-corrected chi connectivity index (χ4v) is 11.2. The van der Waals surface area contributed by atoms with Gasteiger partial charge in [-0.2, -0.15) is 0 Å². The molecular formula is C30H50O3. The molecule has 11 atom stereocenters. The van der Waals surface area contributed by atoms with E-state index in [-0.39, 0.29) is 44.5 Å². The Kier molecular flexibility index (Phi) is 5.06. The minimum atomic E-state index is -0.392. The average molecular weight is 459 g/mol. The lowest BCUT2D eigenvalue weighted by atomic mass is 9.29. The van der Waals surface area contributed by atoms with Crippen LogP contribution in [0.2, 0.25) is 0 Å². The number of aliphatic hydroxyl groups excluding tert-OH is 2. The average Bonchev–Trinajstić information content (AvgIpc) is 2.72. The number of carbonyl (C=O) groups excluding carboxylic acids is 1. The first-order valence-corrected chi connectivity index (χ1v) is 14.0. The molecule has 0 saturated heterocycles. The molecule has 0 aliphatic heterocycles. The molecule has 0 amide bonds. The van der Waals surface area contributed by atoms with E-state index in [1.54, 1.807) is 0 Å². The van der Waals surface area contributed by atoms with Gasteiger partial charge in [-0.1, -0.05) is 55.4 Å². The van der Waals surface area contributed by atoms with Gasteiger partial charge in [-0.05, 0) is 96.2 Å². The summed E-state index contributed by atoms with van der Waals surface area (Å²) in [6, 6.07) is 0. The number of carbonyl (C=O) groups is 1. The first kappa shape index (κ1) is 24.3. The lowest BCUT2D eigenvalue weighted by Crippen LogP contribution is -2.70. The van der Waals surface area contributed by atoms with E-state index in [1.165, 1.54) is 25.7 Å². The third kappa shape index (κ3) is 2.79. The summed E-state index contributed by atoms with van der Waals surface area (Å²) in [6.07, 6.45) is 8.79. The van der Waals surface area contributed by atoms with Crippen molar-refractivity contribution in [3.8, 4) is 0 Å². The Morgan fingerprint density at radius 3 is 2.03 bits per heavy atom. The van der Waals surface area contributed by atoms with Gasteiger partial charge in [-0.15, -0.1) is 0 Å². The minimum Gasteiger partial charge on any atom is -0.393 e. The van der Waals surface area contributed by atoms with Crippen molar-refractivity contribution in [1.82, 2.24) is 0 Å². The lowest BCUT2D eigenvalue weighted by molar-refractivity contribution is -0.280. The third-order valence-corrected chi connectivity index (χ3v) is 14.0. The van der Waals surface area contributed by atoms with Crippen LogP contribution in [0.4, 0.5) is 0 Å². The van der Waals surface area contributed by atoms with Crippen molar-refractivity contribution < 1.29 is 15.0 Å². The molecule has 0 heterocycles. The Bertz CT molecular complexity index is 849. The monoisotopic (exact) mass is 458 g/mol. The second kappa shape index (κ2) is 6.87. The van der Waals surface area contributed by atoms with Gasteiger partial charge in [0.25, 0.3) is 0 Å². The van der Waals surface area contributed by atoms with Crippen LogP contribution in [0, 0.1) is 56.2 Å². The maximum Gasteiger partial charge on any atom is 0.136 e. The molecule has 0 aromatic heterocycles. The first-order valence-electron chi connectivity index (χ1n) is 14.0. The first-order chi connectivity index (χ1) is 15.1. The third-order valence-electron chi connectivity index (χ3n) is 14.0. The van der Waals surface area contributed by atoms with Crippen LogP contribution >= 0.6 is 0 Å². The molecule has 5 saturated carbocycles. The van der Waals surface area contributed by atoms with Gasteiger partial charge in [-0.3, -0.25) is 4.79 Å². The van der Waals surface area contributed by atoms with Crippen molar-refractivity contribution in [2.75, 3.05) is 0 Å². The normalized spacial score (nSPS) is 60.2. The van der Waals surface area contributed by atoms with E-state index in [1.807, 2.05) is 0 Å². The second-order valence-electron chi connectivity index (χ2n) is 15.4. The van der Waals surface area contributed by atoms with Gasteiger partial charge in [0.15, 0.2) is 0 Å². The van der Waals surface area contributed by atoms with Crippen LogP contribution in [0.1, 0.15) is 113 Å². The summed E-state index contributed by atoms with van der Waals surface area (Å²) in [4.78, 5) is 12.8. The van der Waals surface area contributed by atoms with Crippen LogP contribution in [0.3, 0.4) is 0 Å². The molecular weight excluding hydrogens is 408 g/mol. The van der Waals surface area contributed by atoms with E-state index < -0.39 is 6.10 Å². The fourth-order valence-electron chi connectivity index (χ4n) is 11.2. The number of ketones is 1. The van der Waals surface area contributed by atoms with Crippen molar-refractivity contribution in [3.05, 3.63) is 0 Å². The molecule has 0 radical (unpaired) electrons. The van der Waals surface area contributed by atoms with Crippen LogP contribution in [0.15, 0.2) is 0 Å². The van der Waals surface area contributed by atoms with E-state index in [0.29, 0.717) is 30.0 Å². The van der Waals surface area contributed by atoms with Crippen molar-refractivity contribution in [2.45, 2.75) is 125 Å². The molecule has 2 N–H and O–H groups in total. The summed E-state index contributed by atoms with van der Waals surface area (Å²) in [7, 11) is 0. The Balaban J connectivity index is 1.57. The van der Waals surface area contributed by atoms with E-state index in [4.69, 9.17) is 0 Å². The maximum atomic E-state index is 12.8. The zero-order valence-electron chi connectivity index (χ0n) is 22.6. The predicted molar refractivity (Wildman–Crippen MR) is 133 cm³/mol. The zero-order valence-corrected chi connectivity index (χ0v) is 22.6. The molecule has 5 fully saturated rings. The Hall–Kier alpha value is -0.410. The summed E-state index contributed by atoms with van der Waals surface area (Å²) in [5.41, 5.74) is 0.501. The van der Waals surface area contributed by atoms with Crippen LogP contribution in [0.5, 0.6) is 0 Å². The van der Waals surface area contributed by atoms with Gasteiger partial charge < -0.3 is 10.2 Å². The molecule has 0 spiro atoms. The summed E-state index contributed by atoms with van der Waals surface area (Å²) < 4.78 is 0. The number of hydrogen-bond donors (Lipinski definition) is 2. The Labute approximate surface area is 202 Å². The summed E-state index contributed by atoms with van der Waals surface area (Å²) in [5.74, 6) is 1.85. The summed E-state index contributed by atoms with van der Waals surface area (Å²) >= 11 is 0. The molecule has 0 unspecified atom stereocenters. The number of fused-ring (bicyclic) bond motifs is 7.